The molecule has 2 aliphatic rings. The summed E-state index contributed by atoms with van der Waals surface area (Å²) in [4.78, 5) is 28.3. The van der Waals surface area contributed by atoms with Gasteiger partial charge in [-0.15, -0.1) is 0 Å². The standard InChI is InChI=1S/C22H22ClF2N3O2/c23-17-8-6-15(7-9-17)11-26-20(29)19-10-22(24,25)14-28(19)18-12-27(13-18)21(30)16-4-2-1-3-5-16/h1-9,18-19H,10-14H2,(H,26,29)/t19-/m0/s1. The van der Waals surface area contributed by atoms with E-state index in [0.717, 1.165) is 5.56 Å². The first kappa shape index (κ1) is 20.8. The van der Waals surface area contributed by atoms with Gasteiger partial charge in [-0.1, -0.05) is 41.9 Å². The van der Waals surface area contributed by atoms with Crippen molar-refractivity contribution in [3.05, 3.63) is 70.7 Å². The Balaban J connectivity index is 1.36. The van der Waals surface area contributed by atoms with Gasteiger partial charge in [0, 0.05) is 42.7 Å². The van der Waals surface area contributed by atoms with Crippen molar-refractivity contribution >= 4 is 23.4 Å². The maximum absolute atomic E-state index is 14.1. The third-order valence-corrected chi connectivity index (χ3v) is 5.88. The molecule has 2 aromatic rings. The molecule has 0 saturated carbocycles. The van der Waals surface area contributed by atoms with Crippen molar-refractivity contribution in [3.8, 4) is 0 Å². The van der Waals surface area contributed by atoms with Crippen LogP contribution in [0.15, 0.2) is 54.6 Å². The molecule has 30 heavy (non-hydrogen) atoms. The van der Waals surface area contributed by atoms with E-state index in [-0.39, 0.29) is 18.5 Å². The SMILES string of the molecule is O=C(NCc1ccc(Cl)cc1)[C@@H]1CC(F)(F)CN1C1CN(C(=O)c2ccccc2)C1. The maximum atomic E-state index is 14.1. The molecule has 1 atom stereocenters. The van der Waals surface area contributed by atoms with Gasteiger partial charge in [0.2, 0.25) is 5.91 Å². The lowest BCUT2D eigenvalue weighted by atomic mass is 10.0. The van der Waals surface area contributed by atoms with Gasteiger partial charge in [-0.25, -0.2) is 8.78 Å². The van der Waals surface area contributed by atoms with Crippen LogP contribution in [0.1, 0.15) is 22.3 Å². The second-order valence-corrected chi connectivity index (χ2v) is 8.26. The Morgan fingerprint density at radius 1 is 1.07 bits per heavy atom. The largest absolute Gasteiger partial charge is 0.351 e. The number of hydrogen-bond acceptors (Lipinski definition) is 3. The molecule has 0 radical (unpaired) electrons. The summed E-state index contributed by atoms with van der Waals surface area (Å²) >= 11 is 5.85. The smallest absolute Gasteiger partial charge is 0.262 e. The molecule has 2 saturated heterocycles. The van der Waals surface area contributed by atoms with E-state index >= 15 is 0 Å². The Hall–Kier alpha value is -2.51. The van der Waals surface area contributed by atoms with E-state index in [9.17, 15) is 18.4 Å². The molecule has 0 spiro atoms. The number of alkyl halides is 2. The number of rotatable bonds is 5. The first-order chi connectivity index (χ1) is 14.3. The number of nitrogens with one attached hydrogen (secondary N) is 1. The summed E-state index contributed by atoms with van der Waals surface area (Å²) in [6.45, 7) is 0.453. The molecule has 2 aliphatic heterocycles. The van der Waals surface area contributed by atoms with Gasteiger partial charge in [-0.05, 0) is 29.8 Å². The third kappa shape index (κ3) is 4.47. The zero-order valence-electron chi connectivity index (χ0n) is 16.2. The van der Waals surface area contributed by atoms with Crippen LogP contribution in [-0.2, 0) is 11.3 Å². The summed E-state index contributed by atoms with van der Waals surface area (Å²) < 4.78 is 28.3. The van der Waals surface area contributed by atoms with Gasteiger partial charge in [0.25, 0.3) is 11.8 Å². The van der Waals surface area contributed by atoms with Crippen molar-refractivity contribution in [2.45, 2.75) is 31.0 Å². The highest BCUT2D eigenvalue weighted by molar-refractivity contribution is 6.30. The van der Waals surface area contributed by atoms with E-state index in [1.54, 1.807) is 58.3 Å². The van der Waals surface area contributed by atoms with Crippen LogP contribution in [0, 0.1) is 0 Å². The van der Waals surface area contributed by atoms with Crippen LogP contribution in [0.5, 0.6) is 0 Å². The van der Waals surface area contributed by atoms with Crippen LogP contribution in [0.25, 0.3) is 0 Å². The number of carbonyl (C=O) groups is 2. The molecule has 0 aromatic heterocycles. The van der Waals surface area contributed by atoms with Gasteiger partial charge in [-0.3, -0.25) is 14.5 Å². The minimum Gasteiger partial charge on any atom is -0.351 e. The second-order valence-electron chi connectivity index (χ2n) is 7.82. The average molecular weight is 434 g/mol. The van der Waals surface area contributed by atoms with E-state index in [0.29, 0.717) is 23.7 Å². The number of likely N-dealkylation sites (tertiary alicyclic amines) is 2. The van der Waals surface area contributed by atoms with Crippen molar-refractivity contribution in [2.75, 3.05) is 19.6 Å². The van der Waals surface area contributed by atoms with Gasteiger partial charge in [0.05, 0.1) is 12.6 Å². The van der Waals surface area contributed by atoms with Gasteiger partial charge in [0.15, 0.2) is 0 Å². The monoisotopic (exact) mass is 433 g/mol. The van der Waals surface area contributed by atoms with Crippen molar-refractivity contribution < 1.29 is 18.4 Å². The van der Waals surface area contributed by atoms with E-state index in [1.807, 2.05) is 6.07 Å². The topological polar surface area (TPSA) is 52.7 Å². The molecule has 2 aromatic carbocycles. The minimum absolute atomic E-state index is 0.124. The molecular weight excluding hydrogens is 412 g/mol. The number of benzene rings is 2. The fourth-order valence-electron chi connectivity index (χ4n) is 3.97. The Morgan fingerprint density at radius 2 is 1.73 bits per heavy atom. The van der Waals surface area contributed by atoms with Crippen LogP contribution < -0.4 is 5.32 Å². The average Bonchev–Trinajstić information content (AvgIpc) is 3.02. The fraction of sp³-hybridized carbons (Fsp3) is 0.364. The molecule has 1 N–H and O–H groups in total. The summed E-state index contributed by atoms with van der Waals surface area (Å²) in [5.74, 6) is -3.47. The molecule has 0 unspecified atom stereocenters. The number of halogens is 3. The summed E-state index contributed by atoms with van der Waals surface area (Å²) in [5.41, 5.74) is 1.41. The summed E-state index contributed by atoms with van der Waals surface area (Å²) in [5, 5.41) is 3.34. The van der Waals surface area contributed by atoms with Crippen LogP contribution in [0.3, 0.4) is 0 Å². The molecule has 8 heteroatoms. The number of carbonyl (C=O) groups excluding carboxylic acids is 2. The summed E-state index contributed by atoms with van der Waals surface area (Å²) in [6.07, 6.45) is -0.511. The molecule has 0 aliphatic carbocycles. The quantitative estimate of drug-likeness (QED) is 0.788. The number of nitrogens with zero attached hydrogens (tertiary/aromatic N) is 2. The van der Waals surface area contributed by atoms with Gasteiger partial charge >= 0.3 is 0 Å². The Morgan fingerprint density at radius 3 is 2.40 bits per heavy atom. The molecule has 2 heterocycles. The first-order valence-electron chi connectivity index (χ1n) is 9.82. The highest BCUT2D eigenvalue weighted by Gasteiger charge is 2.52. The normalized spacial score (nSPS) is 21.3. The molecule has 4 rings (SSSR count). The van der Waals surface area contributed by atoms with Crippen molar-refractivity contribution in [2.24, 2.45) is 0 Å². The predicted octanol–water partition coefficient (Wildman–Crippen LogP) is 3.19. The summed E-state index contributed by atoms with van der Waals surface area (Å²) in [6, 6.07) is 14.7. The Labute approximate surface area is 178 Å². The molecule has 158 valence electrons. The molecule has 2 fully saturated rings. The van der Waals surface area contributed by atoms with E-state index < -0.39 is 30.8 Å². The van der Waals surface area contributed by atoms with Gasteiger partial charge in [0.1, 0.15) is 0 Å². The maximum Gasteiger partial charge on any atom is 0.262 e. The molecule has 5 nitrogen and oxygen atoms in total. The van der Waals surface area contributed by atoms with Crippen LogP contribution in [0.2, 0.25) is 5.02 Å². The van der Waals surface area contributed by atoms with Crippen LogP contribution in [0.4, 0.5) is 8.78 Å². The van der Waals surface area contributed by atoms with Crippen LogP contribution >= 0.6 is 11.6 Å². The minimum atomic E-state index is -2.92. The Kier molecular flexibility index (Phi) is 5.75. The lowest BCUT2D eigenvalue weighted by Crippen LogP contribution is -2.63. The second kappa shape index (κ2) is 8.32. The molecular formula is C22H22ClF2N3O2. The summed E-state index contributed by atoms with van der Waals surface area (Å²) in [7, 11) is 0. The highest BCUT2D eigenvalue weighted by Crippen LogP contribution is 2.35. The predicted molar refractivity (Wildman–Crippen MR) is 109 cm³/mol. The van der Waals surface area contributed by atoms with Gasteiger partial charge < -0.3 is 10.2 Å². The first-order valence-corrected chi connectivity index (χ1v) is 10.2. The molecule has 0 bridgehead atoms. The fourth-order valence-corrected chi connectivity index (χ4v) is 4.10. The lowest BCUT2D eigenvalue weighted by Gasteiger charge is -2.45. The van der Waals surface area contributed by atoms with Crippen molar-refractivity contribution in [3.63, 3.8) is 0 Å². The third-order valence-electron chi connectivity index (χ3n) is 5.63. The highest BCUT2D eigenvalue weighted by atomic mass is 35.5. The van der Waals surface area contributed by atoms with Crippen molar-refractivity contribution in [1.29, 1.82) is 0 Å². The van der Waals surface area contributed by atoms with Crippen LogP contribution in [-0.4, -0.2) is 59.3 Å². The number of amides is 2. The zero-order chi connectivity index (χ0) is 21.3. The zero-order valence-corrected chi connectivity index (χ0v) is 17.0. The van der Waals surface area contributed by atoms with Crippen molar-refractivity contribution in [1.82, 2.24) is 15.1 Å². The number of hydrogen-bond donors (Lipinski definition) is 1. The van der Waals surface area contributed by atoms with E-state index in [4.69, 9.17) is 11.6 Å². The molecule has 2 amide bonds. The Bertz CT molecular complexity index is 918. The van der Waals surface area contributed by atoms with E-state index in [1.165, 1.54) is 0 Å². The van der Waals surface area contributed by atoms with Gasteiger partial charge in [-0.2, -0.15) is 0 Å². The lowest BCUT2D eigenvalue weighted by molar-refractivity contribution is -0.127. The van der Waals surface area contributed by atoms with E-state index in [2.05, 4.69) is 5.32 Å².